The summed E-state index contributed by atoms with van der Waals surface area (Å²) >= 11 is 0. The second-order valence-electron chi connectivity index (χ2n) is 4.33. The number of hydrazine groups is 1. The van der Waals surface area contributed by atoms with E-state index in [1.165, 1.54) is 25.7 Å². The average molecular weight is 221 g/mol. The number of anilines is 1. The zero-order chi connectivity index (χ0) is 11.2. The third-order valence-electron chi connectivity index (χ3n) is 3.14. The van der Waals surface area contributed by atoms with Crippen LogP contribution in [-0.4, -0.2) is 11.6 Å². The highest BCUT2D eigenvalue weighted by molar-refractivity contribution is 5.33. The predicted octanol–water partition coefficient (Wildman–Crippen LogP) is 2.07. The van der Waals surface area contributed by atoms with Gasteiger partial charge in [0.2, 0.25) is 0 Å². The van der Waals surface area contributed by atoms with E-state index in [1.54, 1.807) is 6.20 Å². The number of nitrogens with zero attached hydrogens (tertiary/aromatic N) is 1. The van der Waals surface area contributed by atoms with Crippen LogP contribution in [0.5, 0.6) is 0 Å². The van der Waals surface area contributed by atoms with Crippen LogP contribution in [0.1, 0.15) is 31.2 Å². The minimum absolute atomic E-state index is 0.643. The maximum Gasteiger partial charge on any atom is 0.139 e. The number of nitrogens with one attached hydrogen (secondary N) is 1. The number of nitrogen functional groups attached to an aromatic ring is 1. The predicted molar refractivity (Wildman–Crippen MR) is 63.7 cm³/mol. The van der Waals surface area contributed by atoms with Gasteiger partial charge < -0.3 is 10.2 Å². The Bertz CT molecular complexity index is 309. The number of aromatic nitrogens is 1. The molecule has 4 heteroatoms. The molecule has 0 saturated heterocycles. The molecule has 16 heavy (non-hydrogen) atoms. The highest BCUT2D eigenvalue weighted by Gasteiger charge is 2.16. The minimum atomic E-state index is 0.643. The molecule has 1 aromatic heterocycles. The highest BCUT2D eigenvalue weighted by atomic mass is 16.5. The lowest BCUT2D eigenvalue weighted by molar-refractivity contribution is 0.0948. The van der Waals surface area contributed by atoms with E-state index in [0.29, 0.717) is 12.4 Å². The van der Waals surface area contributed by atoms with E-state index in [4.69, 9.17) is 10.6 Å². The van der Waals surface area contributed by atoms with Gasteiger partial charge in [-0.2, -0.15) is 0 Å². The van der Waals surface area contributed by atoms with Gasteiger partial charge in [0, 0.05) is 12.8 Å². The van der Waals surface area contributed by atoms with Crippen molar-refractivity contribution in [3.63, 3.8) is 0 Å². The van der Waals surface area contributed by atoms with Crippen molar-refractivity contribution in [1.29, 1.82) is 0 Å². The molecule has 1 saturated carbocycles. The molecule has 0 unspecified atom stereocenters. The van der Waals surface area contributed by atoms with Crippen LogP contribution in [0.15, 0.2) is 18.3 Å². The smallest absolute Gasteiger partial charge is 0.139 e. The van der Waals surface area contributed by atoms with Crippen molar-refractivity contribution < 1.29 is 4.74 Å². The molecule has 0 radical (unpaired) electrons. The van der Waals surface area contributed by atoms with E-state index in [-0.39, 0.29) is 0 Å². The summed E-state index contributed by atoms with van der Waals surface area (Å²) in [7, 11) is 0. The zero-order valence-electron chi connectivity index (χ0n) is 9.48. The Morgan fingerprint density at radius 2 is 2.31 bits per heavy atom. The third kappa shape index (κ3) is 3.18. The van der Waals surface area contributed by atoms with Gasteiger partial charge >= 0.3 is 0 Å². The third-order valence-corrected chi connectivity index (χ3v) is 3.14. The normalized spacial score (nSPS) is 15.8. The Morgan fingerprint density at radius 3 is 2.88 bits per heavy atom. The molecule has 1 fully saturated rings. The molecule has 0 bridgehead atoms. The second-order valence-corrected chi connectivity index (χ2v) is 4.33. The van der Waals surface area contributed by atoms with E-state index >= 15 is 0 Å². The quantitative estimate of drug-likeness (QED) is 0.438. The van der Waals surface area contributed by atoms with Crippen LogP contribution in [0, 0.1) is 5.92 Å². The summed E-state index contributed by atoms with van der Waals surface area (Å²) in [5.74, 6) is 6.83. The molecule has 1 aliphatic carbocycles. The van der Waals surface area contributed by atoms with Gasteiger partial charge in [0.1, 0.15) is 5.82 Å². The summed E-state index contributed by atoms with van der Waals surface area (Å²) in [6.45, 7) is 1.51. The fraction of sp³-hybridized carbons (Fsp3) is 0.583. The zero-order valence-corrected chi connectivity index (χ0v) is 9.48. The van der Waals surface area contributed by atoms with E-state index in [1.807, 2.05) is 12.1 Å². The maximum atomic E-state index is 5.61. The number of ether oxygens (including phenoxy) is 1. The average Bonchev–Trinajstić information content (AvgIpc) is 2.27. The van der Waals surface area contributed by atoms with Crippen molar-refractivity contribution >= 4 is 5.82 Å². The van der Waals surface area contributed by atoms with Crippen LogP contribution >= 0.6 is 0 Å². The largest absolute Gasteiger partial charge is 0.377 e. The standard InChI is InChI=1S/C12H19N3O/c13-15-12-5-4-11(8-14-12)9-16-7-6-10-2-1-3-10/h4-5,8,10H,1-3,6-7,9,13H2,(H,14,15). The lowest BCUT2D eigenvalue weighted by atomic mass is 9.83. The molecule has 0 aliphatic heterocycles. The fourth-order valence-corrected chi connectivity index (χ4v) is 1.82. The molecule has 0 spiro atoms. The van der Waals surface area contributed by atoms with Gasteiger partial charge in [0.25, 0.3) is 0 Å². The number of rotatable bonds is 6. The van der Waals surface area contributed by atoms with Gasteiger partial charge in [0.15, 0.2) is 0 Å². The maximum absolute atomic E-state index is 5.61. The van der Waals surface area contributed by atoms with Crippen molar-refractivity contribution in [3.8, 4) is 0 Å². The number of hydrogen-bond acceptors (Lipinski definition) is 4. The molecule has 0 aromatic carbocycles. The molecule has 0 atom stereocenters. The number of hydrogen-bond donors (Lipinski definition) is 2. The molecule has 4 nitrogen and oxygen atoms in total. The van der Waals surface area contributed by atoms with Gasteiger partial charge in [-0.15, -0.1) is 0 Å². The van der Waals surface area contributed by atoms with Crippen LogP contribution in [-0.2, 0) is 11.3 Å². The van der Waals surface area contributed by atoms with E-state index in [0.717, 1.165) is 18.1 Å². The fourth-order valence-electron chi connectivity index (χ4n) is 1.82. The van der Waals surface area contributed by atoms with E-state index in [2.05, 4.69) is 10.4 Å². The molecule has 1 heterocycles. The number of pyridine rings is 1. The van der Waals surface area contributed by atoms with Crippen molar-refractivity contribution in [2.45, 2.75) is 32.3 Å². The SMILES string of the molecule is NNc1ccc(COCCC2CCC2)cn1. The van der Waals surface area contributed by atoms with Crippen LogP contribution in [0.25, 0.3) is 0 Å². The molecule has 2 rings (SSSR count). The lowest BCUT2D eigenvalue weighted by Crippen LogP contribution is -2.13. The summed E-state index contributed by atoms with van der Waals surface area (Å²) < 4.78 is 5.61. The summed E-state index contributed by atoms with van der Waals surface area (Å²) in [5.41, 5.74) is 3.59. The van der Waals surface area contributed by atoms with E-state index in [9.17, 15) is 0 Å². The first kappa shape index (κ1) is 11.4. The van der Waals surface area contributed by atoms with Crippen LogP contribution in [0.3, 0.4) is 0 Å². The van der Waals surface area contributed by atoms with Crippen LogP contribution in [0.2, 0.25) is 0 Å². The summed E-state index contributed by atoms with van der Waals surface area (Å²) in [6.07, 6.45) is 7.18. The van der Waals surface area contributed by atoms with E-state index < -0.39 is 0 Å². The van der Waals surface area contributed by atoms with Gasteiger partial charge in [-0.1, -0.05) is 25.3 Å². The van der Waals surface area contributed by atoms with Crippen molar-refractivity contribution in [2.75, 3.05) is 12.0 Å². The Hall–Kier alpha value is -1.13. The molecule has 1 aliphatic rings. The summed E-state index contributed by atoms with van der Waals surface area (Å²) in [6, 6.07) is 3.83. The monoisotopic (exact) mass is 221 g/mol. The Kier molecular flexibility index (Phi) is 4.13. The molecule has 3 N–H and O–H groups in total. The Balaban J connectivity index is 1.64. The second kappa shape index (κ2) is 5.82. The first-order valence-corrected chi connectivity index (χ1v) is 5.88. The lowest BCUT2D eigenvalue weighted by Gasteiger charge is -2.24. The highest BCUT2D eigenvalue weighted by Crippen LogP contribution is 2.29. The minimum Gasteiger partial charge on any atom is -0.377 e. The molecular formula is C12H19N3O. The Morgan fingerprint density at radius 1 is 1.44 bits per heavy atom. The first-order chi connectivity index (χ1) is 7.88. The van der Waals surface area contributed by atoms with Crippen molar-refractivity contribution in [2.24, 2.45) is 11.8 Å². The molecule has 0 amide bonds. The molecular weight excluding hydrogens is 202 g/mol. The Labute approximate surface area is 96.2 Å². The molecule has 88 valence electrons. The summed E-state index contributed by atoms with van der Waals surface area (Å²) in [5, 5.41) is 0. The first-order valence-electron chi connectivity index (χ1n) is 5.88. The van der Waals surface area contributed by atoms with Crippen molar-refractivity contribution in [1.82, 2.24) is 4.98 Å². The van der Waals surface area contributed by atoms with Gasteiger partial charge in [0.05, 0.1) is 6.61 Å². The molecule has 1 aromatic rings. The summed E-state index contributed by atoms with van der Waals surface area (Å²) in [4.78, 5) is 4.12. The van der Waals surface area contributed by atoms with Crippen LogP contribution < -0.4 is 11.3 Å². The van der Waals surface area contributed by atoms with Gasteiger partial charge in [-0.05, 0) is 24.0 Å². The topological polar surface area (TPSA) is 60.2 Å². The van der Waals surface area contributed by atoms with Gasteiger partial charge in [-0.25, -0.2) is 10.8 Å². The van der Waals surface area contributed by atoms with Crippen LogP contribution in [0.4, 0.5) is 5.82 Å². The van der Waals surface area contributed by atoms with Gasteiger partial charge in [-0.3, -0.25) is 0 Å². The number of nitrogens with two attached hydrogens (primary N) is 1. The van der Waals surface area contributed by atoms with Crippen molar-refractivity contribution in [3.05, 3.63) is 23.9 Å².